The molecule has 0 radical (unpaired) electrons. The molecule has 0 amide bonds. The molecule has 11 rings (SSSR count). The van der Waals surface area contributed by atoms with E-state index in [-0.39, 0.29) is 107 Å². The van der Waals surface area contributed by atoms with Crippen LogP contribution in [0.1, 0.15) is 45.2 Å². The first kappa shape index (κ1) is 66.9. The van der Waals surface area contributed by atoms with Crippen molar-refractivity contribution in [2.75, 3.05) is 113 Å². The molecular formula is C60H74Cl4N14O7S. The number of thioether (sulfide) groups is 1. The number of nitrogens with one attached hydrogen (secondary N) is 1. The summed E-state index contributed by atoms with van der Waals surface area (Å²) in [6.45, 7) is 13.3. The number of rotatable bonds is 13. The maximum atomic E-state index is 13.4. The highest BCUT2D eigenvalue weighted by Gasteiger charge is 2.24. The van der Waals surface area contributed by atoms with Crippen LogP contribution in [0.15, 0.2) is 110 Å². The fourth-order valence-electron chi connectivity index (χ4n) is 10.2. The number of aliphatic hydroxyl groups is 1. The van der Waals surface area contributed by atoms with Gasteiger partial charge in [0.15, 0.2) is 22.7 Å². The molecule has 3 fully saturated rings. The van der Waals surface area contributed by atoms with Crippen LogP contribution >= 0.6 is 58.2 Å². The number of aliphatic hydroxyl groups excluding tert-OH is 1. The van der Waals surface area contributed by atoms with Crippen LogP contribution in [0.25, 0.3) is 33.4 Å². The zero-order chi connectivity index (χ0) is 59.8. The number of halogens is 4. The third-order valence-corrected chi connectivity index (χ3v) is 16.5. The highest BCUT2D eigenvalue weighted by Crippen LogP contribution is 2.30. The summed E-state index contributed by atoms with van der Waals surface area (Å²) in [6, 6.07) is 21.7. The Bertz CT molecular complexity index is 3880. The largest absolute Gasteiger partial charge is 0.399 e. The van der Waals surface area contributed by atoms with Crippen molar-refractivity contribution < 1.29 is 14.6 Å². The van der Waals surface area contributed by atoms with Gasteiger partial charge in [0.25, 0.3) is 11.1 Å². The van der Waals surface area contributed by atoms with E-state index < -0.39 is 22.5 Å². The highest BCUT2D eigenvalue weighted by atomic mass is 35.5. The summed E-state index contributed by atoms with van der Waals surface area (Å²) in [5.74, 6) is 0.211. The standard InChI is InChI=1S/C26H27Cl2N7O3.C20H20Cl2N4O4S.C12H19N3.2CH4/c1-16-14-17(6-7-21(16)33-10-8-32(2)9-11-33)30-25-29-15-18-23(31-25)34(12-13-36)26(38)35(24(18)37)22-19(27)4-3-5-20(22)28;1-31-19-23-11-12-17(24-19)25(8-10-30-15-7-2-3-9-29-15)20(28)26(18(12)27)16-13(21)5-4-6-14(16)22;1-10-9-11(13)3-4-12(10)15-7-5-14(2)6-8-15;;/h3-7,14-15,36H,8-13H2,1-2H3,(H,29,30,31);4-6,11,15H,2-3,7-10H2,1H3;3-4,9H,5-8,13H2,1-2H3;2*1H4. The summed E-state index contributed by atoms with van der Waals surface area (Å²) in [7, 11) is 4.30. The van der Waals surface area contributed by atoms with Crippen molar-refractivity contribution in [1.29, 1.82) is 0 Å². The van der Waals surface area contributed by atoms with Crippen molar-refractivity contribution in [3.63, 3.8) is 0 Å². The number of benzene rings is 4. The van der Waals surface area contributed by atoms with E-state index in [4.69, 9.17) is 61.6 Å². The van der Waals surface area contributed by atoms with E-state index in [9.17, 15) is 24.3 Å². The third kappa shape index (κ3) is 15.2. The summed E-state index contributed by atoms with van der Waals surface area (Å²) in [4.78, 5) is 80.4. The Labute approximate surface area is 523 Å². The number of para-hydroxylation sites is 2. The Morgan fingerprint density at radius 1 is 0.674 bits per heavy atom. The first-order valence-electron chi connectivity index (χ1n) is 27.4. The first-order valence-corrected chi connectivity index (χ1v) is 30.1. The van der Waals surface area contributed by atoms with Crippen LogP contribution in [0, 0.1) is 13.8 Å². The zero-order valence-corrected chi connectivity index (χ0v) is 51.1. The van der Waals surface area contributed by atoms with Crippen molar-refractivity contribution >= 4 is 109 Å². The Balaban J connectivity index is 0.000000198. The summed E-state index contributed by atoms with van der Waals surface area (Å²) < 4.78 is 15.8. The number of hydrogen-bond donors (Lipinski definition) is 3. The molecule has 1 unspecified atom stereocenters. The Hall–Kier alpha value is -6.57. The molecule has 0 bridgehead atoms. The number of aromatic nitrogens is 8. The summed E-state index contributed by atoms with van der Waals surface area (Å²) >= 11 is 26.5. The van der Waals surface area contributed by atoms with Crippen LogP contribution in [-0.4, -0.2) is 152 Å². The monoisotopic (exact) mass is 1270 g/mol. The maximum absolute atomic E-state index is 13.4. The van der Waals surface area contributed by atoms with Crippen molar-refractivity contribution in [3.8, 4) is 11.4 Å². The van der Waals surface area contributed by atoms with Crippen LogP contribution < -0.4 is 43.3 Å². The number of ether oxygens (including phenoxy) is 2. The average molecular weight is 1280 g/mol. The Morgan fingerprint density at radius 2 is 1.17 bits per heavy atom. The minimum Gasteiger partial charge on any atom is -0.399 e. The Kier molecular flexibility index (Phi) is 23.6. The molecule has 3 aliphatic rings. The summed E-state index contributed by atoms with van der Waals surface area (Å²) in [5, 5.41) is 14.2. The number of fused-ring (bicyclic) bond motifs is 2. The number of piperazine rings is 2. The summed E-state index contributed by atoms with van der Waals surface area (Å²) in [6.07, 6.45) is 7.15. The molecule has 3 saturated heterocycles. The van der Waals surface area contributed by atoms with Crippen LogP contribution in [0.3, 0.4) is 0 Å². The van der Waals surface area contributed by atoms with E-state index in [0.29, 0.717) is 11.8 Å². The lowest BCUT2D eigenvalue weighted by Gasteiger charge is -2.35. The number of nitrogens with two attached hydrogens (primary N) is 1. The normalized spacial score (nSPS) is 15.5. The third-order valence-electron chi connectivity index (χ3n) is 14.7. The molecule has 1 atom stereocenters. The van der Waals surface area contributed by atoms with Crippen LogP contribution in [0.4, 0.5) is 28.7 Å². The van der Waals surface area contributed by atoms with E-state index in [1.54, 1.807) is 24.3 Å². The smallest absolute Gasteiger partial charge is 0.337 e. The van der Waals surface area contributed by atoms with E-state index in [1.165, 1.54) is 62.4 Å². The molecule has 26 heteroatoms. The second kappa shape index (κ2) is 30.4. The topological polar surface area (TPSA) is 229 Å². The fraction of sp³-hybridized carbons (Fsp3) is 0.400. The predicted molar refractivity (Wildman–Crippen MR) is 350 cm³/mol. The van der Waals surface area contributed by atoms with Gasteiger partial charge in [-0.15, -0.1) is 0 Å². The van der Waals surface area contributed by atoms with Gasteiger partial charge in [-0.05, 0) is 125 Å². The molecule has 7 heterocycles. The van der Waals surface area contributed by atoms with E-state index in [1.807, 2.05) is 30.5 Å². The van der Waals surface area contributed by atoms with Gasteiger partial charge in [0.05, 0.1) is 57.8 Å². The molecule has 3 aliphatic heterocycles. The lowest BCUT2D eigenvalue weighted by molar-refractivity contribution is -0.163. The van der Waals surface area contributed by atoms with Crippen LogP contribution in [0.2, 0.25) is 20.1 Å². The van der Waals surface area contributed by atoms with Crippen LogP contribution in [-0.2, 0) is 22.6 Å². The lowest BCUT2D eigenvalue weighted by Crippen LogP contribution is -2.44. The maximum Gasteiger partial charge on any atom is 0.337 e. The van der Waals surface area contributed by atoms with Crippen LogP contribution in [0.5, 0.6) is 0 Å². The van der Waals surface area contributed by atoms with E-state index in [0.717, 1.165) is 97.7 Å². The second-order valence-electron chi connectivity index (χ2n) is 20.5. The van der Waals surface area contributed by atoms with Gasteiger partial charge < -0.3 is 45.2 Å². The summed E-state index contributed by atoms with van der Waals surface area (Å²) in [5.41, 5.74) is 10.2. The highest BCUT2D eigenvalue weighted by molar-refractivity contribution is 7.98. The molecule has 0 saturated carbocycles. The molecule has 21 nitrogen and oxygen atoms in total. The number of nitrogens with zero attached hydrogens (tertiary/aromatic N) is 12. The average Bonchev–Trinajstić information content (AvgIpc) is 1.12. The molecule has 8 aromatic rings. The molecular weight excluding hydrogens is 1200 g/mol. The Morgan fingerprint density at radius 3 is 1.66 bits per heavy atom. The molecule has 4 N–H and O–H groups in total. The fourth-order valence-corrected chi connectivity index (χ4v) is 11.7. The number of hydrogen-bond acceptors (Lipinski definition) is 18. The number of likely N-dealkylation sites (N-methyl/N-ethyl adjacent to an activating group) is 2. The van der Waals surface area contributed by atoms with Crippen molar-refractivity contribution in [2.45, 2.75) is 72.5 Å². The second-order valence-corrected chi connectivity index (χ2v) is 22.9. The molecule has 4 aromatic heterocycles. The molecule has 86 heavy (non-hydrogen) atoms. The van der Waals surface area contributed by atoms with Crippen molar-refractivity contribution in [2.24, 2.45) is 0 Å². The number of aryl methyl sites for hydroxylation is 2. The number of anilines is 5. The number of nitrogen functional groups attached to an aromatic ring is 1. The first-order chi connectivity index (χ1) is 40.5. The minimum atomic E-state index is -0.719. The van der Waals surface area contributed by atoms with Gasteiger partial charge in [-0.3, -0.25) is 18.7 Å². The van der Waals surface area contributed by atoms with Gasteiger partial charge in [0.1, 0.15) is 10.8 Å². The van der Waals surface area contributed by atoms with Crippen molar-refractivity contribution in [1.82, 2.24) is 48.0 Å². The van der Waals surface area contributed by atoms with Gasteiger partial charge in [0.2, 0.25) is 5.95 Å². The van der Waals surface area contributed by atoms with Gasteiger partial charge >= 0.3 is 11.4 Å². The lowest BCUT2D eigenvalue weighted by atomic mass is 10.1. The zero-order valence-electron chi connectivity index (χ0n) is 47.2. The molecule has 0 aliphatic carbocycles. The molecule has 0 spiro atoms. The SMILES string of the molecule is C.C.CSc1ncc2c(=O)n(-c3c(Cl)cccc3Cl)c(=O)n(CCOC3CCCCO3)c2n1.Cc1cc(N)ccc1N1CCN(C)CC1.Cc1cc(Nc2ncc3c(=O)n(-c4c(Cl)cccc4Cl)c(=O)n(CCO)c3n2)ccc1N1CCN(C)CC1. The minimum absolute atomic E-state index is 0. The van der Waals surface area contributed by atoms with E-state index in [2.05, 4.69) is 84.9 Å². The van der Waals surface area contributed by atoms with Crippen molar-refractivity contribution in [3.05, 3.63) is 158 Å². The van der Waals surface area contributed by atoms with Gasteiger partial charge in [-0.2, -0.15) is 4.98 Å². The predicted octanol–water partition coefficient (Wildman–Crippen LogP) is 9.16. The van der Waals surface area contributed by atoms with Gasteiger partial charge in [-0.25, -0.2) is 33.7 Å². The van der Waals surface area contributed by atoms with Gasteiger partial charge in [-0.1, -0.05) is 85.2 Å². The molecule has 4 aromatic carbocycles. The quantitative estimate of drug-likeness (QED) is 0.0555. The van der Waals surface area contributed by atoms with E-state index >= 15 is 0 Å². The molecule has 460 valence electrons. The van der Waals surface area contributed by atoms with Gasteiger partial charge in [0, 0.05) is 94.1 Å².